The molecule has 2 aliphatic heterocycles. The predicted molar refractivity (Wildman–Crippen MR) is 150 cm³/mol. The van der Waals surface area contributed by atoms with Crippen LogP contribution >= 0.6 is 22.6 Å². The fraction of sp³-hybridized carbons (Fsp3) is 0.444. The minimum atomic E-state index is -3.22. The second-order valence-electron chi connectivity index (χ2n) is 10.5. The van der Waals surface area contributed by atoms with Crippen molar-refractivity contribution >= 4 is 42.6 Å². The van der Waals surface area contributed by atoms with E-state index in [4.69, 9.17) is 9.84 Å². The Morgan fingerprint density at radius 2 is 1.92 bits per heavy atom. The monoisotopic (exact) mass is 634 g/mol. The number of halogens is 2. The van der Waals surface area contributed by atoms with E-state index < -0.39 is 20.1 Å². The molecule has 7 nitrogen and oxygen atoms in total. The highest BCUT2D eigenvalue weighted by molar-refractivity contribution is 14.1. The van der Waals surface area contributed by atoms with Crippen molar-refractivity contribution in [3.63, 3.8) is 0 Å². The lowest BCUT2D eigenvalue weighted by Gasteiger charge is -2.31. The molecule has 0 unspecified atom stereocenters. The van der Waals surface area contributed by atoms with Crippen molar-refractivity contribution in [2.75, 3.05) is 11.5 Å². The van der Waals surface area contributed by atoms with Crippen LogP contribution in [0.25, 0.3) is 0 Å². The van der Waals surface area contributed by atoms with E-state index in [1.165, 1.54) is 0 Å². The smallest absolute Gasteiger partial charge is 0.264 e. The zero-order chi connectivity index (χ0) is 26.4. The molecule has 0 bridgehead atoms. The van der Waals surface area contributed by atoms with Crippen molar-refractivity contribution in [3.8, 4) is 0 Å². The van der Waals surface area contributed by atoms with Crippen LogP contribution in [0.4, 0.5) is 9.80 Å². The normalized spacial score (nSPS) is 25.3. The van der Waals surface area contributed by atoms with Crippen molar-refractivity contribution in [2.24, 2.45) is 5.92 Å². The molecule has 5 rings (SSSR count). The fourth-order valence-electron chi connectivity index (χ4n) is 6.14. The molecule has 1 aromatic heterocycles. The summed E-state index contributed by atoms with van der Waals surface area (Å²) in [4.78, 5) is 16.1. The first-order valence-corrected chi connectivity index (χ1v) is 16.7. The van der Waals surface area contributed by atoms with Gasteiger partial charge in [-0.15, -0.1) is 5.10 Å². The number of carbonyl (C=O) groups is 1. The van der Waals surface area contributed by atoms with E-state index in [1.54, 1.807) is 28.9 Å². The van der Waals surface area contributed by atoms with Crippen LogP contribution in [-0.4, -0.2) is 47.1 Å². The third-order valence-electron chi connectivity index (χ3n) is 7.72. The van der Waals surface area contributed by atoms with E-state index in [-0.39, 0.29) is 24.0 Å². The van der Waals surface area contributed by atoms with Crippen LogP contribution in [-0.2, 0) is 34.6 Å². The molecular formula is C27H32FIN4O3Si. The number of para-hydroxylation sites is 1. The molecule has 1 fully saturated rings. The number of nitrogens with zero attached hydrogens (tertiary/aromatic N) is 4. The third kappa shape index (κ3) is 4.77. The summed E-state index contributed by atoms with van der Waals surface area (Å²) in [5, 5.41) is 17.4. The molecule has 0 radical (unpaired) electrons. The van der Waals surface area contributed by atoms with Crippen LogP contribution in [0.2, 0.25) is 18.6 Å². The van der Waals surface area contributed by atoms with Crippen LogP contribution in [0.15, 0.2) is 54.7 Å². The average molecular weight is 635 g/mol. The zero-order valence-corrected chi connectivity index (χ0v) is 24.4. The number of amides is 1. The number of aromatic nitrogens is 3. The fourth-order valence-corrected chi connectivity index (χ4v) is 9.04. The summed E-state index contributed by atoms with van der Waals surface area (Å²) in [6.45, 7) is 6.35. The molecule has 196 valence electrons. The molecule has 2 aliphatic rings. The highest BCUT2D eigenvalue weighted by Crippen LogP contribution is 2.60. The summed E-state index contributed by atoms with van der Waals surface area (Å²) in [6.07, 6.45) is 2.33. The molecule has 1 N–H and O–H groups in total. The minimum Gasteiger partial charge on any atom is -0.396 e. The van der Waals surface area contributed by atoms with Crippen LogP contribution in [0, 0.1) is 9.49 Å². The second-order valence-corrected chi connectivity index (χ2v) is 15.6. The van der Waals surface area contributed by atoms with Gasteiger partial charge in [-0.25, -0.2) is 0 Å². The summed E-state index contributed by atoms with van der Waals surface area (Å²) in [5.41, 5.74) is 1.83. The van der Waals surface area contributed by atoms with E-state index in [0.29, 0.717) is 31.6 Å². The lowest BCUT2D eigenvalue weighted by Crippen LogP contribution is -2.45. The number of hydrogen-bond acceptors (Lipinski definition) is 5. The molecule has 2 aromatic carbocycles. The first kappa shape index (κ1) is 26.5. The molecule has 4 atom stereocenters. The van der Waals surface area contributed by atoms with E-state index in [9.17, 15) is 4.79 Å². The first-order valence-electron chi connectivity index (χ1n) is 12.7. The Morgan fingerprint density at radius 3 is 2.62 bits per heavy atom. The molecule has 0 aliphatic carbocycles. The van der Waals surface area contributed by atoms with E-state index in [1.807, 2.05) is 55.5 Å². The molecule has 1 spiro atoms. The lowest BCUT2D eigenvalue weighted by molar-refractivity contribution is -0.146. The number of ether oxygens (including phenoxy) is 1. The largest absolute Gasteiger partial charge is 0.396 e. The van der Waals surface area contributed by atoms with Crippen molar-refractivity contribution in [2.45, 2.75) is 63.2 Å². The summed E-state index contributed by atoms with van der Waals surface area (Å²) in [7, 11) is -3.22. The van der Waals surface area contributed by atoms with Gasteiger partial charge in [0.25, 0.3) is 5.91 Å². The molecule has 1 saturated heterocycles. The Kier molecular flexibility index (Phi) is 7.29. The summed E-state index contributed by atoms with van der Waals surface area (Å²) < 4.78 is 25.5. The van der Waals surface area contributed by atoms with Crippen molar-refractivity contribution in [1.82, 2.24) is 15.0 Å². The Labute approximate surface area is 231 Å². The Hall–Kier alpha value is -2.15. The maximum Gasteiger partial charge on any atom is 0.264 e. The minimum absolute atomic E-state index is 0.00835. The van der Waals surface area contributed by atoms with Gasteiger partial charge >= 0.3 is 0 Å². The number of rotatable bonds is 8. The summed E-state index contributed by atoms with van der Waals surface area (Å²) in [6, 6.07) is 15.9. The predicted octanol–water partition coefficient (Wildman–Crippen LogP) is 4.83. The molecule has 37 heavy (non-hydrogen) atoms. The van der Waals surface area contributed by atoms with Crippen molar-refractivity contribution < 1.29 is 18.7 Å². The van der Waals surface area contributed by atoms with Crippen LogP contribution in [0.5, 0.6) is 0 Å². The van der Waals surface area contributed by atoms with Crippen molar-refractivity contribution in [3.05, 3.63) is 75.1 Å². The van der Waals surface area contributed by atoms with Gasteiger partial charge in [0.15, 0.2) is 5.60 Å². The van der Waals surface area contributed by atoms with Gasteiger partial charge in [0.2, 0.25) is 8.41 Å². The van der Waals surface area contributed by atoms with Crippen LogP contribution in [0.1, 0.15) is 30.2 Å². The Bertz CT molecular complexity index is 1280. The lowest BCUT2D eigenvalue weighted by atomic mass is 9.82. The Morgan fingerprint density at radius 1 is 1.19 bits per heavy atom. The number of aryl methyl sites for hydroxylation is 1. The number of aliphatic hydroxyl groups excluding tert-OH is 1. The van der Waals surface area contributed by atoms with Gasteiger partial charge in [0.1, 0.15) is 0 Å². The van der Waals surface area contributed by atoms with Gasteiger partial charge < -0.3 is 18.9 Å². The molecular weight excluding hydrogens is 602 g/mol. The van der Waals surface area contributed by atoms with Gasteiger partial charge in [-0.05, 0) is 65.9 Å². The molecule has 3 heterocycles. The van der Waals surface area contributed by atoms with Crippen molar-refractivity contribution in [1.29, 1.82) is 0 Å². The quantitative estimate of drug-likeness (QED) is 0.218. The number of carbonyl (C=O) groups excluding carboxylic acids is 1. The third-order valence-corrected chi connectivity index (χ3v) is 10.9. The highest BCUT2D eigenvalue weighted by Gasteiger charge is 2.66. The number of fused-ring (bicyclic) bond motifs is 2. The number of anilines is 1. The maximum absolute atomic E-state index is 15.9. The molecule has 10 heteroatoms. The average Bonchev–Trinajstić information content (AvgIpc) is 3.50. The van der Waals surface area contributed by atoms with E-state index >= 15 is 4.11 Å². The van der Waals surface area contributed by atoms with E-state index in [2.05, 4.69) is 32.9 Å². The van der Waals surface area contributed by atoms with Gasteiger partial charge in [0.05, 0.1) is 24.0 Å². The number of hydrogen-bond donors (Lipinski definition) is 1. The standard InChI is InChI=1S/C27H32FIN4O3Si/c1-18-25(37(2,3)28)24(12-14-32-17-21(13-15-34)30-31-32)36-27(18)22-6-4-5-7-23(22)33(26(27)35)16-19-8-10-20(29)11-9-19/h4-11,17-18,24-25,34H,12-16H2,1-3H3/t18-,24+,25-,27+/m1/s1. The highest BCUT2D eigenvalue weighted by atomic mass is 127. The van der Waals surface area contributed by atoms with Crippen LogP contribution < -0.4 is 4.90 Å². The summed E-state index contributed by atoms with van der Waals surface area (Å²) in [5.74, 6) is -0.434. The first-order chi connectivity index (χ1) is 17.6. The number of aliphatic hydroxyl groups is 1. The molecule has 3 aromatic rings. The van der Waals surface area contributed by atoms with Crippen LogP contribution in [0.3, 0.4) is 0 Å². The Balaban J connectivity index is 1.47. The van der Waals surface area contributed by atoms with Gasteiger partial charge in [-0.2, -0.15) is 0 Å². The maximum atomic E-state index is 15.9. The van der Waals surface area contributed by atoms with Gasteiger partial charge in [-0.1, -0.05) is 42.5 Å². The number of benzene rings is 2. The van der Waals surface area contributed by atoms with Gasteiger partial charge in [0, 0.05) is 46.4 Å². The summed E-state index contributed by atoms with van der Waals surface area (Å²) >= 11 is 2.27. The molecule has 0 saturated carbocycles. The topological polar surface area (TPSA) is 80.5 Å². The SMILES string of the molecule is C[C@@H]1[C@@H]([Si](C)(C)F)[C@H](CCn2cc(CCO)nn2)O[C@@]12C(=O)N(Cc1ccc(I)cc1)c1ccccc12. The van der Waals surface area contributed by atoms with Gasteiger partial charge in [-0.3, -0.25) is 9.48 Å². The molecule has 1 amide bonds. The second kappa shape index (κ2) is 10.2. The van der Waals surface area contributed by atoms with E-state index in [0.717, 1.165) is 20.4 Å². The zero-order valence-electron chi connectivity index (χ0n) is 21.3.